The van der Waals surface area contributed by atoms with Crippen molar-refractivity contribution < 1.29 is 0 Å². The van der Waals surface area contributed by atoms with E-state index < -0.39 is 0 Å². The SMILES string of the molecule is CCCCCCCCCCCCCN1C=CN(C(C)C)C1CCCCC. The zero-order chi connectivity index (χ0) is 19.0. The molecule has 0 spiro atoms. The predicted octanol–water partition coefficient (Wildman–Crippen LogP) is 7.70. The first-order chi connectivity index (χ1) is 12.7. The van der Waals surface area contributed by atoms with Gasteiger partial charge in [0.1, 0.15) is 6.17 Å². The lowest BCUT2D eigenvalue weighted by Gasteiger charge is -2.35. The van der Waals surface area contributed by atoms with Crippen molar-refractivity contribution >= 4 is 0 Å². The van der Waals surface area contributed by atoms with Crippen molar-refractivity contribution in [3.8, 4) is 0 Å². The van der Waals surface area contributed by atoms with Crippen LogP contribution in [0.25, 0.3) is 0 Å². The summed E-state index contributed by atoms with van der Waals surface area (Å²) in [7, 11) is 0. The van der Waals surface area contributed by atoms with E-state index in [1.165, 1.54) is 103 Å². The molecule has 1 rings (SSSR count). The highest BCUT2D eigenvalue weighted by Crippen LogP contribution is 2.24. The Bertz CT molecular complexity index is 337. The quantitative estimate of drug-likeness (QED) is 0.244. The molecule has 26 heavy (non-hydrogen) atoms. The lowest BCUT2D eigenvalue weighted by molar-refractivity contribution is 0.114. The molecule has 0 saturated heterocycles. The van der Waals surface area contributed by atoms with Crippen LogP contribution in [0.3, 0.4) is 0 Å². The minimum absolute atomic E-state index is 0.611. The van der Waals surface area contributed by atoms with Gasteiger partial charge >= 0.3 is 0 Å². The van der Waals surface area contributed by atoms with Crippen LogP contribution < -0.4 is 0 Å². The molecule has 0 N–H and O–H groups in total. The van der Waals surface area contributed by atoms with Gasteiger partial charge < -0.3 is 9.80 Å². The minimum Gasteiger partial charge on any atom is -0.356 e. The van der Waals surface area contributed by atoms with Gasteiger partial charge in [-0.1, -0.05) is 90.9 Å². The molecule has 0 aliphatic carbocycles. The van der Waals surface area contributed by atoms with E-state index >= 15 is 0 Å². The Balaban J connectivity index is 2.08. The van der Waals surface area contributed by atoms with Gasteiger partial charge in [0, 0.05) is 25.0 Å². The molecule has 0 radical (unpaired) electrons. The molecule has 1 heterocycles. The van der Waals surface area contributed by atoms with Gasteiger partial charge in [0.2, 0.25) is 0 Å². The first kappa shape index (κ1) is 23.4. The average molecular weight is 365 g/mol. The maximum atomic E-state index is 2.61. The Kier molecular flexibility index (Phi) is 13.9. The first-order valence-electron chi connectivity index (χ1n) is 11.9. The van der Waals surface area contributed by atoms with E-state index in [4.69, 9.17) is 0 Å². The smallest absolute Gasteiger partial charge is 0.101 e. The standard InChI is InChI=1S/C24H48N2/c1-5-7-9-10-11-12-13-14-15-16-18-20-25-21-22-26(23(3)4)24(25)19-17-8-6-2/h21-24H,5-20H2,1-4H3. The predicted molar refractivity (Wildman–Crippen MR) is 117 cm³/mol. The van der Waals surface area contributed by atoms with E-state index in [0.29, 0.717) is 12.2 Å². The highest BCUT2D eigenvalue weighted by atomic mass is 15.4. The van der Waals surface area contributed by atoms with Crippen molar-refractivity contribution in [3.63, 3.8) is 0 Å². The Morgan fingerprint density at radius 3 is 1.69 bits per heavy atom. The lowest BCUT2D eigenvalue weighted by atomic mass is 10.1. The van der Waals surface area contributed by atoms with Crippen LogP contribution in [0.4, 0.5) is 0 Å². The van der Waals surface area contributed by atoms with E-state index in [2.05, 4.69) is 49.9 Å². The number of unbranched alkanes of at least 4 members (excludes halogenated alkanes) is 12. The molecule has 0 aromatic rings. The van der Waals surface area contributed by atoms with E-state index in [1.54, 1.807) is 0 Å². The molecular weight excluding hydrogens is 316 g/mol. The van der Waals surface area contributed by atoms with Gasteiger partial charge in [-0.2, -0.15) is 0 Å². The van der Waals surface area contributed by atoms with Gasteiger partial charge in [0.05, 0.1) is 0 Å². The van der Waals surface area contributed by atoms with Crippen molar-refractivity contribution in [2.24, 2.45) is 0 Å². The zero-order valence-corrected chi connectivity index (χ0v) is 18.5. The summed E-state index contributed by atoms with van der Waals surface area (Å²) in [6.45, 7) is 10.5. The second kappa shape index (κ2) is 15.4. The molecule has 0 saturated carbocycles. The summed E-state index contributed by atoms with van der Waals surface area (Å²) in [6.07, 6.45) is 26.4. The van der Waals surface area contributed by atoms with Crippen LogP contribution in [0.15, 0.2) is 12.4 Å². The maximum Gasteiger partial charge on any atom is 0.101 e. The Morgan fingerprint density at radius 2 is 1.15 bits per heavy atom. The van der Waals surface area contributed by atoms with Crippen molar-refractivity contribution in [1.82, 2.24) is 9.80 Å². The van der Waals surface area contributed by atoms with Crippen molar-refractivity contribution in [3.05, 3.63) is 12.4 Å². The zero-order valence-electron chi connectivity index (χ0n) is 18.5. The molecule has 2 heteroatoms. The molecule has 1 atom stereocenters. The second-order valence-corrected chi connectivity index (χ2v) is 8.59. The first-order valence-corrected chi connectivity index (χ1v) is 11.9. The highest BCUT2D eigenvalue weighted by Gasteiger charge is 2.26. The Morgan fingerprint density at radius 1 is 0.654 bits per heavy atom. The molecule has 1 aliphatic rings. The van der Waals surface area contributed by atoms with Crippen LogP contribution in [-0.2, 0) is 0 Å². The van der Waals surface area contributed by atoms with E-state index in [1.807, 2.05) is 0 Å². The van der Waals surface area contributed by atoms with Gasteiger partial charge in [-0.05, 0) is 33.1 Å². The van der Waals surface area contributed by atoms with Crippen LogP contribution in [0.5, 0.6) is 0 Å². The van der Waals surface area contributed by atoms with Crippen LogP contribution in [0.2, 0.25) is 0 Å². The minimum atomic E-state index is 0.611. The van der Waals surface area contributed by atoms with Crippen molar-refractivity contribution in [2.75, 3.05) is 6.54 Å². The summed E-state index contributed by atoms with van der Waals surface area (Å²) in [5.74, 6) is 0. The monoisotopic (exact) mass is 364 g/mol. The summed E-state index contributed by atoms with van der Waals surface area (Å²) in [5, 5.41) is 0. The van der Waals surface area contributed by atoms with Gasteiger partial charge in [-0.15, -0.1) is 0 Å². The normalized spacial score (nSPS) is 17.0. The van der Waals surface area contributed by atoms with E-state index in [-0.39, 0.29) is 0 Å². The third kappa shape index (κ3) is 9.88. The summed E-state index contributed by atoms with van der Waals surface area (Å²) >= 11 is 0. The second-order valence-electron chi connectivity index (χ2n) is 8.59. The fraction of sp³-hybridized carbons (Fsp3) is 0.917. The van der Waals surface area contributed by atoms with Gasteiger partial charge in [0.15, 0.2) is 0 Å². The molecule has 0 aromatic heterocycles. The number of hydrogen-bond donors (Lipinski definition) is 0. The molecule has 1 aliphatic heterocycles. The summed E-state index contributed by atoms with van der Waals surface area (Å²) in [5.41, 5.74) is 0. The summed E-state index contributed by atoms with van der Waals surface area (Å²) < 4.78 is 0. The van der Waals surface area contributed by atoms with Gasteiger partial charge in [-0.3, -0.25) is 0 Å². The highest BCUT2D eigenvalue weighted by molar-refractivity contribution is 4.98. The molecule has 0 bridgehead atoms. The lowest BCUT2D eigenvalue weighted by Crippen LogP contribution is -2.42. The van der Waals surface area contributed by atoms with Crippen LogP contribution >= 0.6 is 0 Å². The summed E-state index contributed by atoms with van der Waals surface area (Å²) in [6, 6.07) is 0.611. The third-order valence-electron chi connectivity index (χ3n) is 5.84. The van der Waals surface area contributed by atoms with Gasteiger partial charge in [0.25, 0.3) is 0 Å². The fourth-order valence-electron chi connectivity index (χ4n) is 4.12. The Hall–Kier alpha value is -0.660. The average Bonchev–Trinajstić information content (AvgIpc) is 3.03. The molecule has 154 valence electrons. The molecule has 1 unspecified atom stereocenters. The number of hydrogen-bond acceptors (Lipinski definition) is 2. The topological polar surface area (TPSA) is 6.48 Å². The maximum absolute atomic E-state index is 2.61. The fourth-order valence-corrected chi connectivity index (χ4v) is 4.12. The van der Waals surface area contributed by atoms with Crippen LogP contribution in [-0.4, -0.2) is 28.6 Å². The van der Waals surface area contributed by atoms with Crippen molar-refractivity contribution in [2.45, 2.75) is 136 Å². The Labute approximate surface area is 165 Å². The number of rotatable bonds is 17. The molecule has 0 fully saturated rings. The molecule has 2 nitrogen and oxygen atoms in total. The van der Waals surface area contributed by atoms with Crippen LogP contribution in [0, 0.1) is 0 Å². The summed E-state index contributed by atoms with van der Waals surface area (Å²) in [4.78, 5) is 5.18. The van der Waals surface area contributed by atoms with Crippen molar-refractivity contribution in [1.29, 1.82) is 0 Å². The van der Waals surface area contributed by atoms with Gasteiger partial charge in [-0.25, -0.2) is 0 Å². The molecule has 0 amide bonds. The van der Waals surface area contributed by atoms with Crippen LogP contribution in [0.1, 0.15) is 124 Å². The van der Waals surface area contributed by atoms with E-state index in [0.717, 1.165) is 0 Å². The third-order valence-corrected chi connectivity index (χ3v) is 5.84. The molecular formula is C24H48N2. The van der Waals surface area contributed by atoms with E-state index in [9.17, 15) is 0 Å². The number of nitrogens with zero attached hydrogens (tertiary/aromatic N) is 2. The molecule has 0 aromatic carbocycles. The largest absolute Gasteiger partial charge is 0.356 e.